The fourth-order valence-corrected chi connectivity index (χ4v) is 3.44. The maximum Gasteiger partial charge on any atom is 0.416 e. The summed E-state index contributed by atoms with van der Waals surface area (Å²) in [6.45, 7) is 0.288. The van der Waals surface area contributed by atoms with E-state index in [0.29, 0.717) is 11.5 Å². The van der Waals surface area contributed by atoms with Crippen molar-refractivity contribution in [3.63, 3.8) is 0 Å². The van der Waals surface area contributed by atoms with Gasteiger partial charge in [-0.2, -0.15) is 13.2 Å². The molecular weight excluding hydrogens is 375 g/mol. The van der Waals surface area contributed by atoms with Crippen LogP contribution in [0, 0.1) is 0 Å². The van der Waals surface area contributed by atoms with E-state index in [-0.39, 0.29) is 18.6 Å². The highest BCUT2D eigenvalue weighted by Crippen LogP contribution is 2.32. The van der Waals surface area contributed by atoms with Gasteiger partial charge in [0, 0.05) is 0 Å². The Labute approximate surface area is 167 Å². The zero-order valence-corrected chi connectivity index (χ0v) is 15.5. The molecule has 0 saturated carbocycles. The molecule has 0 aliphatic carbocycles. The van der Waals surface area contributed by atoms with Crippen LogP contribution < -0.4 is 10.6 Å². The highest BCUT2D eigenvalue weighted by molar-refractivity contribution is 5.83. The molecule has 0 amide bonds. The molecule has 2 N–H and O–H groups in total. The van der Waals surface area contributed by atoms with Gasteiger partial charge in [0.05, 0.1) is 24.2 Å². The molecule has 2 atom stereocenters. The van der Waals surface area contributed by atoms with Gasteiger partial charge >= 0.3 is 6.18 Å². The number of hydrogen-bond acceptors (Lipinski definition) is 1. The van der Waals surface area contributed by atoms with Gasteiger partial charge in [-0.3, -0.25) is 0 Å². The molecule has 0 radical (unpaired) electrons. The van der Waals surface area contributed by atoms with Gasteiger partial charge in [0.1, 0.15) is 0 Å². The number of aliphatic imine (C=N–C) groups is 1. The van der Waals surface area contributed by atoms with Gasteiger partial charge in [0.15, 0.2) is 5.96 Å². The van der Waals surface area contributed by atoms with Gasteiger partial charge in [-0.15, -0.1) is 0 Å². The molecule has 0 aromatic heterocycles. The van der Waals surface area contributed by atoms with Crippen LogP contribution in [0.5, 0.6) is 0 Å². The molecular formula is C23H20F3N3. The third-order valence-corrected chi connectivity index (χ3v) is 4.94. The molecule has 4 rings (SSSR count). The van der Waals surface area contributed by atoms with Crippen LogP contribution in [-0.2, 0) is 12.7 Å². The summed E-state index contributed by atoms with van der Waals surface area (Å²) in [6.07, 6.45) is -4.33. The maximum atomic E-state index is 12.7. The van der Waals surface area contributed by atoms with Crippen molar-refractivity contribution in [2.45, 2.75) is 24.8 Å². The zero-order valence-electron chi connectivity index (χ0n) is 15.5. The first-order chi connectivity index (χ1) is 14.0. The van der Waals surface area contributed by atoms with Crippen molar-refractivity contribution in [3.8, 4) is 0 Å². The number of alkyl halides is 3. The lowest BCUT2D eigenvalue weighted by atomic mass is 9.95. The lowest BCUT2D eigenvalue weighted by Gasteiger charge is -2.19. The van der Waals surface area contributed by atoms with Gasteiger partial charge in [0.25, 0.3) is 0 Å². The fourth-order valence-electron chi connectivity index (χ4n) is 3.44. The van der Waals surface area contributed by atoms with Gasteiger partial charge in [0.2, 0.25) is 0 Å². The Kier molecular flexibility index (Phi) is 5.25. The Hall–Kier alpha value is -3.28. The zero-order chi connectivity index (χ0) is 20.3. The van der Waals surface area contributed by atoms with Crippen LogP contribution in [0.2, 0.25) is 0 Å². The summed E-state index contributed by atoms with van der Waals surface area (Å²) in [5, 5.41) is 6.84. The minimum Gasteiger partial charge on any atom is -0.347 e. The van der Waals surface area contributed by atoms with Crippen molar-refractivity contribution in [3.05, 3.63) is 107 Å². The Morgan fingerprint density at radius 1 is 0.690 bits per heavy atom. The average Bonchev–Trinajstić information content (AvgIpc) is 3.18. The quantitative estimate of drug-likeness (QED) is 0.634. The van der Waals surface area contributed by atoms with Crippen molar-refractivity contribution in [2.24, 2.45) is 4.99 Å². The Morgan fingerprint density at radius 3 is 1.62 bits per heavy atom. The molecule has 0 spiro atoms. The van der Waals surface area contributed by atoms with E-state index in [9.17, 15) is 13.2 Å². The van der Waals surface area contributed by atoms with E-state index in [1.807, 2.05) is 36.4 Å². The molecule has 1 heterocycles. The van der Waals surface area contributed by atoms with Crippen molar-refractivity contribution < 1.29 is 13.2 Å². The molecule has 148 valence electrons. The Morgan fingerprint density at radius 2 is 1.17 bits per heavy atom. The van der Waals surface area contributed by atoms with Gasteiger partial charge in [-0.25, -0.2) is 4.99 Å². The summed E-state index contributed by atoms with van der Waals surface area (Å²) in [6, 6.07) is 25.3. The molecule has 0 bridgehead atoms. The first-order valence-corrected chi connectivity index (χ1v) is 9.34. The van der Waals surface area contributed by atoms with Crippen LogP contribution in [-0.4, -0.2) is 5.96 Å². The van der Waals surface area contributed by atoms with Crippen molar-refractivity contribution in [2.75, 3.05) is 0 Å². The Balaban J connectivity index is 1.54. The van der Waals surface area contributed by atoms with Crippen LogP contribution >= 0.6 is 0 Å². The molecule has 1 saturated heterocycles. The van der Waals surface area contributed by atoms with Crippen molar-refractivity contribution in [1.82, 2.24) is 10.6 Å². The highest BCUT2D eigenvalue weighted by atomic mass is 19.4. The normalized spacial score (nSPS) is 18.8. The topological polar surface area (TPSA) is 36.4 Å². The summed E-state index contributed by atoms with van der Waals surface area (Å²) in [5.74, 6) is 0.632. The number of guanidine groups is 1. The standard InChI is InChI=1S/C23H20F3N3/c24-23(25,26)19-13-11-16(12-14-19)15-27-22-28-20(17-7-3-1-4-8-17)21(29-22)18-9-5-2-6-10-18/h1-14,20-21H,15H2,(H2,27,28,29). The van der Waals surface area contributed by atoms with Crippen LogP contribution in [0.15, 0.2) is 89.9 Å². The van der Waals surface area contributed by atoms with Gasteiger partial charge < -0.3 is 10.6 Å². The van der Waals surface area contributed by atoms with Crippen molar-refractivity contribution >= 4 is 5.96 Å². The average molecular weight is 395 g/mol. The molecule has 3 aromatic rings. The first kappa shape index (κ1) is 19.1. The summed E-state index contributed by atoms with van der Waals surface area (Å²) in [5.41, 5.74) is 2.33. The lowest BCUT2D eigenvalue weighted by molar-refractivity contribution is -0.137. The molecule has 3 aromatic carbocycles. The van der Waals surface area contributed by atoms with E-state index < -0.39 is 11.7 Å². The molecule has 1 aliphatic heterocycles. The fraction of sp³-hybridized carbons (Fsp3) is 0.174. The number of halogens is 3. The monoisotopic (exact) mass is 395 g/mol. The Bertz CT molecular complexity index is 918. The summed E-state index contributed by atoms with van der Waals surface area (Å²) < 4.78 is 38.1. The van der Waals surface area contributed by atoms with E-state index in [1.165, 1.54) is 12.1 Å². The van der Waals surface area contributed by atoms with E-state index in [1.54, 1.807) is 0 Å². The number of hydrogen-bond donors (Lipinski definition) is 2. The van der Waals surface area contributed by atoms with E-state index in [4.69, 9.17) is 0 Å². The number of rotatable bonds is 4. The predicted octanol–water partition coefficient (Wildman–Crippen LogP) is 5.24. The molecule has 29 heavy (non-hydrogen) atoms. The highest BCUT2D eigenvalue weighted by Gasteiger charge is 2.32. The van der Waals surface area contributed by atoms with E-state index in [2.05, 4.69) is 39.9 Å². The third-order valence-electron chi connectivity index (χ3n) is 4.94. The van der Waals surface area contributed by atoms with Crippen LogP contribution in [0.4, 0.5) is 13.2 Å². The van der Waals surface area contributed by atoms with Crippen molar-refractivity contribution in [1.29, 1.82) is 0 Å². The number of nitrogens with zero attached hydrogens (tertiary/aromatic N) is 1. The molecule has 6 heteroatoms. The van der Waals surface area contributed by atoms with Crippen LogP contribution in [0.1, 0.15) is 34.3 Å². The molecule has 2 unspecified atom stereocenters. The molecule has 3 nitrogen and oxygen atoms in total. The summed E-state index contributed by atoms with van der Waals surface area (Å²) in [7, 11) is 0. The number of benzene rings is 3. The molecule has 1 fully saturated rings. The van der Waals surface area contributed by atoms with Crippen LogP contribution in [0.3, 0.4) is 0 Å². The predicted molar refractivity (Wildman–Crippen MR) is 107 cm³/mol. The minimum absolute atomic E-state index is 0.00459. The van der Waals surface area contributed by atoms with E-state index >= 15 is 0 Å². The number of nitrogens with one attached hydrogen (secondary N) is 2. The second-order valence-electron chi connectivity index (χ2n) is 6.92. The smallest absolute Gasteiger partial charge is 0.347 e. The summed E-state index contributed by atoms with van der Waals surface area (Å²) >= 11 is 0. The minimum atomic E-state index is -4.33. The first-order valence-electron chi connectivity index (χ1n) is 9.34. The van der Waals surface area contributed by atoms with Gasteiger partial charge in [-0.1, -0.05) is 72.8 Å². The second kappa shape index (κ2) is 7.99. The van der Waals surface area contributed by atoms with E-state index in [0.717, 1.165) is 23.3 Å². The third kappa shape index (κ3) is 4.42. The second-order valence-corrected chi connectivity index (χ2v) is 6.92. The largest absolute Gasteiger partial charge is 0.416 e. The van der Waals surface area contributed by atoms with Crippen LogP contribution in [0.25, 0.3) is 0 Å². The maximum absolute atomic E-state index is 12.7. The SMILES string of the molecule is FC(F)(F)c1ccc(CN=C2NC(c3ccccc3)C(c3ccccc3)N2)cc1. The van der Waals surface area contributed by atoms with Gasteiger partial charge in [-0.05, 0) is 28.8 Å². The lowest BCUT2D eigenvalue weighted by Crippen LogP contribution is -2.25. The summed E-state index contributed by atoms with van der Waals surface area (Å²) in [4.78, 5) is 4.55. The molecule has 1 aliphatic rings.